The maximum atomic E-state index is 12.8. The number of anilines is 3. The number of nitrogens with one attached hydrogen (secondary N) is 1. The van der Waals surface area contributed by atoms with Crippen LogP contribution in [0.15, 0.2) is 65.8 Å². The highest BCUT2D eigenvalue weighted by atomic mass is 16.2. The molecule has 0 spiro atoms. The summed E-state index contributed by atoms with van der Waals surface area (Å²) in [6, 6.07) is 16.0. The molecule has 0 radical (unpaired) electrons. The molecule has 0 saturated carbocycles. The Balaban J connectivity index is 1.40. The Morgan fingerprint density at radius 3 is 2.73 bits per heavy atom. The summed E-state index contributed by atoms with van der Waals surface area (Å²) >= 11 is 0. The van der Waals surface area contributed by atoms with E-state index in [1.807, 2.05) is 36.4 Å². The second-order valence-corrected chi connectivity index (χ2v) is 7.28. The minimum atomic E-state index is -0.290. The maximum absolute atomic E-state index is 12.8. The van der Waals surface area contributed by atoms with E-state index in [1.165, 1.54) is 27.3 Å². The van der Waals surface area contributed by atoms with Gasteiger partial charge in [0, 0.05) is 19.3 Å². The zero-order chi connectivity index (χ0) is 20.7. The average molecular weight is 400 g/mol. The van der Waals surface area contributed by atoms with Crippen molar-refractivity contribution in [2.24, 2.45) is 7.05 Å². The van der Waals surface area contributed by atoms with Gasteiger partial charge in [0.15, 0.2) is 5.65 Å². The Hall–Kier alpha value is -3.94. The number of aryl methyl sites for hydroxylation is 1. The highest BCUT2D eigenvalue weighted by Gasteiger charge is 2.22. The van der Waals surface area contributed by atoms with Crippen LogP contribution < -0.4 is 15.8 Å². The van der Waals surface area contributed by atoms with E-state index in [4.69, 9.17) is 0 Å². The minimum absolute atomic E-state index is 0.123. The predicted molar refractivity (Wildman–Crippen MR) is 115 cm³/mol. The van der Waals surface area contributed by atoms with Gasteiger partial charge in [-0.2, -0.15) is 5.10 Å². The van der Waals surface area contributed by atoms with Crippen LogP contribution in [0.5, 0.6) is 0 Å². The Morgan fingerprint density at radius 2 is 1.87 bits per heavy atom. The van der Waals surface area contributed by atoms with Crippen LogP contribution in [-0.2, 0) is 24.8 Å². The van der Waals surface area contributed by atoms with Gasteiger partial charge in [-0.3, -0.25) is 18.8 Å². The first-order valence-electron chi connectivity index (χ1n) is 9.73. The van der Waals surface area contributed by atoms with Gasteiger partial charge < -0.3 is 10.2 Å². The lowest BCUT2D eigenvalue weighted by atomic mass is 10.2. The SMILES string of the molecule is Cn1ncc2c(=O)n(CC(=O)Nc3ccccc3N3CCc4ccccc43)cnc21. The molecule has 0 unspecified atom stereocenters. The lowest BCUT2D eigenvalue weighted by Crippen LogP contribution is -2.28. The van der Waals surface area contributed by atoms with Gasteiger partial charge in [-0.25, -0.2) is 4.98 Å². The van der Waals surface area contributed by atoms with Crippen molar-refractivity contribution in [1.29, 1.82) is 0 Å². The highest BCUT2D eigenvalue weighted by molar-refractivity contribution is 5.95. The van der Waals surface area contributed by atoms with Gasteiger partial charge in [-0.05, 0) is 30.2 Å². The van der Waals surface area contributed by atoms with Gasteiger partial charge in [-0.15, -0.1) is 0 Å². The largest absolute Gasteiger partial charge is 0.339 e. The molecule has 0 fully saturated rings. The molecule has 1 N–H and O–H groups in total. The number of rotatable bonds is 4. The standard InChI is InChI=1S/C22H20N6O2/c1-26-21-16(12-24-26)22(30)27(14-23-21)13-20(29)25-17-7-3-5-9-19(17)28-11-10-15-6-2-4-8-18(15)28/h2-9,12,14H,10-11,13H2,1H3,(H,25,29). The van der Waals surface area contributed by atoms with Crippen LogP contribution in [0.2, 0.25) is 0 Å². The summed E-state index contributed by atoms with van der Waals surface area (Å²) < 4.78 is 2.83. The molecule has 1 aliphatic heterocycles. The van der Waals surface area contributed by atoms with Crippen LogP contribution in [0, 0.1) is 0 Å². The molecule has 0 bridgehead atoms. The molecule has 1 amide bonds. The number of carbonyl (C=O) groups excluding carboxylic acids is 1. The third-order valence-corrected chi connectivity index (χ3v) is 5.39. The first kappa shape index (κ1) is 18.1. The summed E-state index contributed by atoms with van der Waals surface area (Å²) in [7, 11) is 1.72. The van der Waals surface area contributed by atoms with Crippen molar-refractivity contribution < 1.29 is 4.79 Å². The predicted octanol–water partition coefficient (Wildman–Crippen LogP) is 2.46. The van der Waals surface area contributed by atoms with E-state index in [1.54, 1.807) is 7.05 Å². The second kappa shape index (κ2) is 7.14. The van der Waals surface area contributed by atoms with E-state index in [-0.39, 0.29) is 18.0 Å². The van der Waals surface area contributed by atoms with E-state index >= 15 is 0 Å². The lowest BCUT2D eigenvalue weighted by molar-refractivity contribution is -0.116. The Labute approximate surface area is 172 Å². The Bertz CT molecular complexity index is 1320. The van der Waals surface area contributed by atoms with E-state index in [2.05, 4.69) is 32.4 Å². The Morgan fingerprint density at radius 1 is 1.10 bits per heavy atom. The minimum Gasteiger partial charge on any atom is -0.339 e. The van der Waals surface area contributed by atoms with Gasteiger partial charge in [0.05, 0.1) is 17.6 Å². The summed E-state index contributed by atoms with van der Waals surface area (Å²) in [4.78, 5) is 31.8. The van der Waals surface area contributed by atoms with Gasteiger partial charge in [0.25, 0.3) is 5.56 Å². The molecule has 3 heterocycles. The van der Waals surface area contributed by atoms with Gasteiger partial charge >= 0.3 is 0 Å². The molecule has 4 aromatic rings. The van der Waals surface area contributed by atoms with Gasteiger partial charge in [0.2, 0.25) is 5.91 Å². The van der Waals surface area contributed by atoms with E-state index in [0.29, 0.717) is 16.7 Å². The number of fused-ring (bicyclic) bond motifs is 2. The molecule has 0 aliphatic carbocycles. The van der Waals surface area contributed by atoms with Crippen molar-refractivity contribution in [2.45, 2.75) is 13.0 Å². The third kappa shape index (κ3) is 3.02. The maximum Gasteiger partial charge on any atom is 0.264 e. The fourth-order valence-corrected chi connectivity index (χ4v) is 3.93. The number of benzene rings is 2. The van der Waals surface area contributed by atoms with Gasteiger partial charge in [0.1, 0.15) is 18.3 Å². The fourth-order valence-electron chi connectivity index (χ4n) is 3.93. The summed E-state index contributed by atoms with van der Waals surface area (Å²) in [5, 5.41) is 7.40. The molecule has 1 aliphatic rings. The monoisotopic (exact) mass is 400 g/mol. The second-order valence-electron chi connectivity index (χ2n) is 7.28. The topological polar surface area (TPSA) is 85.0 Å². The average Bonchev–Trinajstić information content (AvgIpc) is 3.35. The van der Waals surface area contributed by atoms with Crippen molar-refractivity contribution in [2.75, 3.05) is 16.8 Å². The quantitative estimate of drug-likeness (QED) is 0.569. The zero-order valence-electron chi connectivity index (χ0n) is 16.4. The number of hydrogen-bond donors (Lipinski definition) is 1. The molecule has 5 rings (SSSR count). The molecule has 8 nitrogen and oxygen atoms in total. The van der Waals surface area contributed by atoms with E-state index in [0.717, 1.165) is 24.3 Å². The molecule has 150 valence electrons. The molecular weight excluding hydrogens is 380 g/mol. The summed E-state index contributed by atoms with van der Waals surface area (Å²) in [6.45, 7) is 0.731. The molecule has 8 heteroatoms. The highest BCUT2D eigenvalue weighted by Crippen LogP contribution is 2.38. The number of aromatic nitrogens is 4. The molecule has 2 aromatic heterocycles. The third-order valence-electron chi connectivity index (χ3n) is 5.39. The normalized spacial score (nSPS) is 12.9. The lowest BCUT2D eigenvalue weighted by Gasteiger charge is -2.23. The van der Waals surface area contributed by atoms with Crippen molar-refractivity contribution >= 4 is 34.0 Å². The van der Waals surface area contributed by atoms with E-state index in [9.17, 15) is 9.59 Å². The number of nitrogens with zero attached hydrogens (tertiary/aromatic N) is 5. The van der Waals surface area contributed by atoms with Crippen LogP contribution in [0.25, 0.3) is 11.0 Å². The van der Waals surface area contributed by atoms with Crippen LogP contribution in [-0.4, -0.2) is 31.8 Å². The molecule has 30 heavy (non-hydrogen) atoms. The number of amides is 1. The van der Waals surface area contributed by atoms with Crippen LogP contribution in [0.4, 0.5) is 17.1 Å². The molecule has 0 atom stereocenters. The van der Waals surface area contributed by atoms with E-state index < -0.39 is 0 Å². The number of para-hydroxylation sites is 3. The molecule has 0 saturated heterocycles. The summed E-state index contributed by atoms with van der Waals surface area (Å²) in [5.41, 5.74) is 4.30. The smallest absolute Gasteiger partial charge is 0.264 e. The van der Waals surface area contributed by atoms with Crippen molar-refractivity contribution in [1.82, 2.24) is 19.3 Å². The van der Waals surface area contributed by atoms with Crippen molar-refractivity contribution in [3.8, 4) is 0 Å². The fraction of sp³-hybridized carbons (Fsp3) is 0.182. The zero-order valence-corrected chi connectivity index (χ0v) is 16.4. The molecule has 2 aromatic carbocycles. The molecular formula is C22H20N6O2. The summed E-state index contributed by atoms with van der Waals surface area (Å²) in [5.74, 6) is -0.290. The Kier molecular flexibility index (Phi) is 4.31. The first-order valence-corrected chi connectivity index (χ1v) is 9.73. The van der Waals surface area contributed by atoms with Crippen molar-refractivity contribution in [3.05, 3.63) is 77.0 Å². The first-order chi connectivity index (χ1) is 14.6. The van der Waals surface area contributed by atoms with Crippen LogP contribution in [0.1, 0.15) is 5.56 Å². The number of carbonyl (C=O) groups is 1. The van der Waals surface area contributed by atoms with Crippen LogP contribution in [0.3, 0.4) is 0 Å². The van der Waals surface area contributed by atoms with Gasteiger partial charge in [-0.1, -0.05) is 30.3 Å². The number of hydrogen-bond acceptors (Lipinski definition) is 5. The summed E-state index contributed by atoms with van der Waals surface area (Å²) in [6.07, 6.45) is 3.82. The van der Waals surface area contributed by atoms with Crippen molar-refractivity contribution in [3.63, 3.8) is 0 Å². The van der Waals surface area contributed by atoms with Crippen LogP contribution >= 0.6 is 0 Å².